The molecule has 1 atom stereocenters. The monoisotopic (exact) mass is 287 g/mol. The van der Waals surface area contributed by atoms with Crippen LogP contribution in [0.1, 0.15) is 46.5 Å². The van der Waals surface area contributed by atoms with Gasteiger partial charge in [-0.1, -0.05) is 32.5 Å². The average molecular weight is 287 g/mol. The van der Waals surface area contributed by atoms with E-state index in [9.17, 15) is 4.79 Å². The maximum atomic E-state index is 12.1. The smallest absolute Gasteiger partial charge is 0.236 e. The summed E-state index contributed by atoms with van der Waals surface area (Å²) in [6.45, 7) is 8.59. The molecule has 19 heavy (non-hydrogen) atoms. The number of hydrogen-bond acceptors (Lipinski definition) is 3. The second-order valence-electron chi connectivity index (χ2n) is 5.11. The molecule has 1 unspecified atom stereocenters. The van der Waals surface area contributed by atoms with Crippen molar-refractivity contribution in [3.05, 3.63) is 0 Å². The van der Waals surface area contributed by atoms with E-state index in [1.807, 2.05) is 7.05 Å². The van der Waals surface area contributed by atoms with Crippen LogP contribution in [-0.4, -0.2) is 53.4 Å². The molecule has 0 rings (SSSR count). The Labute approximate surface area is 123 Å². The molecule has 0 aromatic rings. The van der Waals surface area contributed by atoms with Crippen molar-refractivity contribution in [2.24, 2.45) is 5.73 Å². The third kappa shape index (κ3) is 8.16. The van der Waals surface area contributed by atoms with Gasteiger partial charge in [0.1, 0.15) is 0 Å². The number of nitrogens with zero attached hydrogens (tertiary/aromatic N) is 2. The van der Waals surface area contributed by atoms with Crippen LogP contribution in [0.15, 0.2) is 0 Å². The molecule has 0 aromatic carbocycles. The van der Waals surface area contributed by atoms with E-state index in [1.165, 1.54) is 0 Å². The van der Waals surface area contributed by atoms with Gasteiger partial charge >= 0.3 is 0 Å². The normalized spacial score (nSPS) is 12.5. The Kier molecular flexibility index (Phi) is 9.79. The first kappa shape index (κ1) is 18.3. The lowest BCUT2D eigenvalue weighted by atomic mass is 10.2. The zero-order chi connectivity index (χ0) is 14.8. The highest BCUT2D eigenvalue weighted by Crippen LogP contribution is 2.06. The van der Waals surface area contributed by atoms with Gasteiger partial charge in [-0.25, -0.2) is 0 Å². The van der Waals surface area contributed by atoms with Gasteiger partial charge in [0.15, 0.2) is 0 Å². The lowest BCUT2D eigenvalue weighted by molar-refractivity contribution is -0.131. The molecule has 0 aliphatic heterocycles. The summed E-state index contributed by atoms with van der Waals surface area (Å²) in [5.74, 6) is 0.146. The topological polar surface area (TPSA) is 49.6 Å². The van der Waals surface area contributed by atoms with Gasteiger partial charge in [0, 0.05) is 26.1 Å². The van der Waals surface area contributed by atoms with Crippen LogP contribution in [0.4, 0.5) is 0 Å². The molecule has 0 aliphatic rings. The van der Waals surface area contributed by atoms with E-state index in [1.54, 1.807) is 4.90 Å². The molecule has 0 bridgehead atoms. The van der Waals surface area contributed by atoms with Crippen molar-refractivity contribution < 1.29 is 4.79 Å². The van der Waals surface area contributed by atoms with E-state index in [0.29, 0.717) is 30.5 Å². The maximum absolute atomic E-state index is 12.1. The summed E-state index contributed by atoms with van der Waals surface area (Å²) in [4.78, 5) is 16.6. The molecule has 0 saturated carbocycles. The third-order valence-corrected chi connectivity index (χ3v) is 3.67. The molecule has 0 aromatic heterocycles. The second-order valence-corrected chi connectivity index (χ2v) is 5.64. The predicted molar refractivity (Wildman–Crippen MR) is 85.3 cm³/mol. The molecule has 0 aliphatic carbocycles. The molecule has 2 N–H and O–H groups in total. The van der Waals surface area contributed by atoms with Crippen molar-refractivity contribution in [2.75, 3.05) is 26.7 Å². The highest BCUT2D eigenvalue weighted by molar-refractivity contribution is 7.80. The number of rotatable bonds is 10. The second kappa shape index (κ2) is 10.1. The fraction of sp³-hybridized carbons (Fsp3) is 0.857. The lowest BCUT2D eigenvalue weighted by Gasteiger charge is -2.29. The number of carbonyl (C=O) groups is 1. The van der Waals surface area contributed by atoms with Gasteiger partial charge in [-0.15, -0.1) is 0 Å². The first-order chi connectivity index (χ1) is 8.92. The SMILES string of the molecule is CCCCN(CC(=O)N(C)CCC(N)=S)C(C)CC. The number of thiocarbonyl (C=S) groups is 1. The molecule has 0 fully saturated rings. The Balaban J connectivity index is 4.31. The van der Waals surface area contributed by atoms with E-state index in [2.05, 4.69) is 25.7 Å². The van der Waals surface area contributed by atoms with Gasteiger partial charge in [0.25, 0.3) is 0 Å². The van der Waals surface area contributed by atoms with Crippen LogP contribution in [0.3, 0.4) is 0 Å². The molecule has 1 amide bonds. The fourth-order valence-corrected chi connectivity index (χ4v) is 1.86. The molecule has 5 heteroatoms. The number of likely N-dealkylation sites (N-methyl/N-ethyl adjacent to an activating group) is 1. The minimum absolute atomic E-state index is 0.146. The summed E-state index contributed by atoms with van der Waals surface area (Å²) in [5, 5.41) is 0. The summed E-state index contributed by atoms with van der Waals surface area (Å²) >= 11 is 4.84. The van der Waals surface area contributed by atoms with E-state index in [-0.39, 0.29) is 5.91 Å². The van der Waals surface area contributed by atoms with Crippen LogP contribution in [0, 0.1) is 0 Å². The number of carbonyl (C=O) groups excluding carboxylic acids is 1. The summed E-state index contributed by atoms with van der Waals surface area (Å²) < 4.78 is 0. The molecular weight excluding hydrogens is 258 g/mol. The van der Waals surface area contributed by atoms with Crippen molar-refractivity contribution in [3.63, 3.8) is 0 Å². The van der Waals surface area contributed by atoms with Gasteiger partial charge in [-0.3, -0.25) is 9.69 Å². The molecule has 0 saturated heterocycles. The van der Waals surface area contributed by atoms with Gasteiger partial charge in [0.2, 0.25) is 5.91 Å². The number of unbranched alkanes of at least 4 members (excludes halogenated alkanes) is 1. The molecule has 0 radical (unpaired) electrons. The fourth-order valence-electron chi connectivity index (χ4n) is 1.77. The van der Waals surface area contributed by atoms with Crippen LogP contribution in [0.25, 0.3) is 0 Å². The van der Waals surface area contributed by atoms with Gasteiger partial charge in [-0.05, 0) is 26.3 Å². The summed E-state index contributed by atoms with van der Waals surface area (Å²) in [6.07, 6.45) is 3.94. The van der Waals surface area contributed by atoms with Crippen molar-refractivity contribution >= 4 is 23.1 Å². The highest BCUT2D eigenvalue weighted by atomic mass is 32.1. The number of hydrogen-bond donors (Lipinski definition) is 1. The first-order valence-electron chi connectivity index (χ1n) is 7.18. The molecule has 4 nitrogen and oxygen atoms in total. The third-order valence-electron chi connectivity index (χ3n) is 3.47. The molecular formula is C14H29N3OS. The highest BCUT2D eigenvalue weighted by Gasteiger charge is 2.17. The zero-order valence-electron chi connectivity index (χ0n) is 12.8. The standard InChI is InChI=1S/C14H29N3OS/c1-5-7-9-17(12(3)6-2)11-14(18)16(4)10-8-13(15)19/h12H,5-11H2,1-4H3,(H2,15,19). The maximum Gasteiger partial charge on any atom is 0.236 e. The number of nitrogens with two attached hydrogens (primary N) is 1. The van der Waals surface area contributed by atoms with Crippen LogP contribution in [0.2, 0.25) is 0 Å². The van der Waals surface area contributed by atoms with Crippen molar-refractivity contribution in [2.45, 2.75) is 52.5 Å². The van der Waals surface area contributed by atoms with Crippen molar-refractivity contribution in [1.29, 1.82) is 0 Å². The van der Waals surface area contributed by atoms with E-state index >= 15 is 0 Å². The van der Waals surface area contributed by atoms with E-state index < -0.39 is 0 Å². The summed E-state index contributed by atoms with van der Waals surface area (Å²) in [5.41, 5.74) is 5.46. The van der Waals surface area contributed by atoms with Gasteiger partial charge in [0.05, 0.1) is 11.5 Å². The molecule has 112 valence electrons. The lowest BCUT2D eigenvalue weighted by Crippen LogP contribution is -2.43. The van der Waals surface area contributed by atoms with Gasteiger partial charge < -0.3 is 10.6 Å². The van der Waals surface area contributed by atoms with Crippen LogP contribution in [-0.2, 0) is 4.79 Å². The molecule has 0 spiro atoms. The predicted octanol–water partition coefficient (Wildman–Crippen LogP) is 2.02. The Hall–Kier alpha value is -0.680. The van der Waals surface area contributed by atoms with Gasteiger partial charge in [-0.2, -0.15) is 0 Å². The Morgan fingerprint density at radius 3 is 2.42 bits per heavy atom. The Bertz CT molecular complexity index is 284. The minimum Gasteiger partial charge on any atom is -0.393 e. The van der Waals surface area contributed by atoms with E-state index in [4.69, 9.17) is 18.0 Å². The number of amides is 1. The van der Waals surface area contributed by atoms with Crippen LogP contribution >= 0.6 is 12.2 Å². The van der Waals surface area contributed by atoms with Crippen LogP contribution in [0.5, 0.6) is 0 Å². The molecule has 0 heterocycles. The zero-order valence-corrected chi connectivity index (χ0v) is 13.6. The average Bonchev–Trinajstić information content (AvgIpc) is 2.39. The quantitative estimate of drug-likeness (QED) is 0.625. The van der Waals surface area contributed by atoms with Crippen molar-refractivity contribution in [3.8, 4) is 0 Å². The summed E-state index contributed by atoms with van der Waals surface area (Å²) in [6, 6.07) is 0.444. The minimum atomic E-state index is 0.146. The van der Waals surface area contributed by atoms with E-state index in [0.717, 1.165) is 25.8 Å². The largest absolute Gasteiger partial charge is 0.393 e. The first-order valence-corrected chi connectivity index (χ1v) is 7.59. The summed E-state index contributed by atoms with van der Waals surface area (Å²) in [7, 11) is 1.81. The van der Waals surface area contributed by atoms with Crippen LogP contribution < -0.4 is 5.73 Å². The Morgan fingerprint density at radius 2 is 1.95 bits per heavy atom. The Morgan fingerprint density at radius 1 is 1.32 bits per heavy atom. The van der Waals surface area contributed by atoms with Crippen molar-refractivity contribution in [1.82, 2.24) is 9.80 Å².